The van der Waals surface area contributed by atoms with E-state index >= 15 is 0 Å². The second-order valence-corrected chi connectivity index (χ2v) is 8.58. The lowest BCUT2D eigenvalue weighted by atomic mass is 10.2. The zero-order valence-corrected chi connectivity index (χ0v) is 20.1. The van der Waals surface area contributed by atoms with Crippen LogP contribution in [0.2, 0.25) is 10.0 Å². The number of halogens is 2. The van der Waals surface area contributed by atoms with Crippen LogP contribution in [0.1, 0.15) is 15.9 Å². The summed E-state index contributed by atoms with van der Waals surface area (Å²) in [5.41, 5.74) is 1.99. The maximum Gasteiger partial charge on any atom is 0.259 e. The van der Waals surface area contributed by atoms with Gasteiger partial charge in [0.05, 0.1) is 28.8 Å². The summed E-state index contributed by atoms with van der Waals surface area (Å²) in [6, 6.07) is 12.3. The number of carbonyl (C=O) groups is 1. The highest BCUT2D eigenvalue weighted by molar-refractivity contribution is 6.42. The predicted octanol–water partition coefficient (Wildman–Crippen LogP) is 4.39. The lowest BCUT2D eigenvalue weighted by Crippen LogP contribution is -2.39. The Labute approximate surface area is 208 Å². The van der Waals surface area contributed by atoms with E-state index in [1.54, 1.807) is 42.7 Å². The largest absolute Gasteiger partial charge is 0.379 e. The van der Waals surface area contributed by atoms with E-state index in [9.17, 15) is 4.79 Å². The SMILES string of the molecule is O=C(Nc1ccc(Cl)c(Cl)c1)c1ccc(NCCN2CCOCC2)nc1NCc1ccncc1. The van der Waals surface area contributed by atoms with Crippen LogP contribution in [0.15, 0.2) is 54.9 Å². The van der Waals surface area contributed by atoms with Crippen molar-refractivity contribution in [1.29, 1.82) is 0 Å². The van der Waals surface area contributed by atoms with Gasteiger partial charge in [0.2, 0.25) is 0 Å². The zero-order valence-electron chi connectivity index (χ0n) is 18.6. The lowest BCUT2D eigenvalue weighted by molar-refractivity contribution is 0.0398. The Morgan fingerprint density at radius 3 is 2.56 bits per heavy atom. The van der Waals surface area contributed by atoms with E-state index in [1.165, 1.54) is 0 Å². The lowest BCUT2D eigenvalue weighted by Gasteiger charge is -2.26. The van der Waals surface area contributed by atoms with E-state index < -0.39 is 0 Å². The van der Waals surface area contributed by atoms with Crippen LogP contribution in [0.5, 0.6) is 0 Å². The average molecular weight is 501 g/mol. The molecule has 178 valence electrons. The summed E-state index contributed by atoms with van der Waals surface area (Å²) in [5.74, 6) is 0.866. The molecule has 0 unspecified atom stereocenters. The molecule has 0 saturated carbocycles. The van der Waals surface area contributed by atoms with Gasteiger partial charge in [-0.3, -0.25) is 14.7 Å². The first-order valence-corrected chi connectivity index (χ1v) is 11.8. The van der Waals surface area contributed by atoms with Gasteiger partial charge in [0.15, 0.2) is 0 Å². The number of nitrogens with one attached hydrogen (secondary N) is 3. The number of anilines is 3. The minimum Gasteiger partial charge on any atom is -0.379 e. The summed E-state index contributed by atoms with van der Waals surface area (Å²) in [5, 5.41) is 10.3. The summed E-state index contributed by atoms with van der Waals surface area (Å²) < 4.78 is 5.40. The van der Waals surface area contributed by atoms with Crippen LogP contribution in [0.25, 0.3) is 0 Å². The number of morpholine rings is 1. The number of amides is 1. The molecule has 0 spiro atoms. The van der Waals surface area contributed by atoms with E-state index in [4.69, 9.17) is 27.9 Å². The molecule has 1 saturated heterocycles. The molecule has 8 nitrogen and oxygen atoms in total. The smallest absolute Gasteiger partial charge is 0.259 e. The molecule has 0 radical (unpaired) electrons. The fourth-order valence-electron chi connectivity index (χ4n) is 3.50. The Morgan fingerprint density at radius 1 is 1.00 bits per heavy atom. The molecule has 3 heterocycles. The number of aromatic nitrogens is 2. The molecule has 1 amide bonds. The molecule has 0 aliphatic carbocycles. The van der Waals surface area contributed by atoms with Crippen LogP contribution in [0, 0.1) is 0 Å². The second-order valence-electron chi connectivity index (χ2n) is 7.77. The Kier molecular flexibility index (Phi) is 8.54. The van der Waals surface area contributed by atoms with Crippen molar-refractivity contribution in [3.8, 4) is 0 Å². The first-order chi connectivity index (χ1) is 16.6. The topological polar surface area (TPSA) is 91.4 Å². The standard InChI is InChI=1S/C24H26Cl2N6O2/c25-20-3-1-18(15-21(20)26)30-24(33)19-2-4-22(28-9-10-32-11-13-34-14-12-32)31-23(19)29-16-17-5-7-27-8-6-17/h1-8,15H,9-14,16H2,(H,30,33)(H2,28,29,31). The third-order valence-corrected chi connectivity index (χ3v) is 6.10. The van der Waals surface area contributed by atoms with Gasteiger partial charge >= 0.3 is 0 Å². The van der Waals surface area contributed by atoms with Crippen LogP contribution >= 0.6 is 23.2 Å². The first-order valence-electron chi connectivity index (χ1n) is 11.0. The third kappa shape index (κ3) is 6.80. The van der Waals surface area contributed by atoms with Crippen molar-refractivity contribution in [3.05, 3.63) is 76.0 Å². The molecule has 1 aromatic carbocycles. The van der Waals surface area contributed by atoms with Crippen molar-refractivity contribution >= 4 is 46.4 Å². The van der Waals surface area contributed by atoms with Gasteiger partial charge in [0.25, 0.3) is 5.91 Å². The Hall–Kier alpha value is -2.91. The summed E-state index contributed by atoms with van der Waals surface area (Å²) >= 11 is 12.1. The third-order valence-electron chi connectivity index (χ3n) is 5.36. The maximum atomic E-state index is 13.1. The Morgan fingerprint density at radius 2 is 1.79 bits per heavy atom. The van der Waals surface area contributed by atoms with Gasteiger partial charge in [0.1, 0.15) is 11.6 Å². The molecule has 10 heteroatoms. The summed E-state index contributed by atoms with van der Waals surface area (Å²) in [6.07, 6.45) is 3.46. The highest BCUT2D eigenvalue weighted by Crippen LogP contribution is 2.26. The van der Waals surface area contributed by atoms with Crippen molar-refractivity contribution in [2.45, 2.75) is 6.54 Å². The van der Waals surface area contributed by atoms with Crippen molar-refractivity contribution in [2.24, 2.45) is 0 Å². The van der Waals surface area contributed by atoms with Crippen molar-refractivity contribution < 1.29 is 9.53 Å². The van der Waals surface area contributed by atoms with Crippen molar-refractivity contribution in [2.75, 3.05) is 55.3 Å². The van der Waals surface area contributed by atoms with E-state index in [-0.39, 0.29) is 5.91 Å². The van der Waals surface area contributed by atoms with E-state index in [0.717, 1.165) is 45.0 Å². The predicted molar refractivity (Wildman–Crippen MR) is 136 cm³/mol. The normalized spacial score (nSPS) is 13.9. The molecule has 3 N–H and O–H groups in total. The quantitative estimate of drug-likeness (QED) is 0.401. The number of rotatable bonds is 9. The van der Waals surface area contributed by atoms with Crippen LogP contribution in [0.4, 0.5) is 17.3 Å². The molecule has 0 bridgehead atoms. The molecule has 0 atom stereocenters. The summed E-state index contributed by atoms with van der Waals surface area (Å²) in [6.45, 7) is 5.53. The fourth-order valence-corrected chi connectivity index (χ4v) is 3.80. The molecule has 1 fully saturated rings. The molecule has 1 aliphatic rings. The van der Waals surface area contributed by atoms with Crippen LogP contribution in [0.3, 0.4) is 0 Å². The molecule has 3 aromatic rings. The molecular weight excluding hydrogens is 475 g/mol. The monoisotopic (exact) mass is 500 g/mol. The highest BCUT2D eigenvalue weighted by Gasteiger charge is 2.15. The molecule has 1 aliphatic heterocycles. The van der Waals surface area contributed by atoms with Crippen LogP contribution < -0.4 is 16.0 Å². The highest BCUT2D eigenvalue weighted by atomic mass is 35.5. The van der Waals surface area contributed by atoms with E-state index in [0.29, 0.717) is 39.5 Å². The number of ether oxygens (including phenoxy) is 1. The average Bonchev–Trinajstić information content (AvgIpc) is 2.86. The number of benzene rings is 1. The number of hydrogen-bond donors (Lipinski definition) is 3. The van der Waals surface area contributed by atoms with Gasteiger partial charge in [-0.2, -0.15) is 0 Å². The molecular formula is C24H26Cl2N6O2. The van der Waals surface area contributed by atoms with Gasteiger partial charge in [-0.25, -0.2) is 4.98 Å². The van der Waals surface area contributed by atoms with E-state index in [1.807, 2.05) is 12.1 Å². The van der Waals surface area contributed by atoms with Crippen LogP contribution in [-0.4, -0.2) is 60.2 Å². The number of hydrogen-bond acceptors (Lipinski definition) is 7. The fraction of sp³-hybridized carbons (Fsp3) is 0.292. The number of nitrogens with zero attached hydrogens (tertiary/aromatic N) is 3. The first kappa shape index (κ1) is 24.2. The Balaban J connectivity index is 1.47. The van der Waals surface area contributed by atoms with Gasteiger partial charge in [-0.15, -0.1) is 0 Å². The molecule has 2 aromatic heterocycles. The Bertz CT molecular complexity index is 1110. The van der Waals surface area contributed by atoms with Gasteiger partial charge in [-0.05, 0) is 48.0 Å². The van der Waals surface area contributed by atoms with Crippen molar-refractivity contribution in [1.82, 2.24) is 14.9 Å². The minimum atomic E-state index is -0.303. The maximum absolute atomic E-state index is 13.1. The molecule has 4 rings (SSSR count). The van der Waals surface area contributed by atoms with E-state index in [2.05, 4.69) is 30.8 Å². The van der Waals surface area contributed by atoms with Gasteiger partial charge in [-0.1, -0.05) is 23.2 Å². The number of carbonyl (C=O) groups excluding carboxylic acids is 1. The second kappa shape index (κ2) is 12.0. The minimum absolute atomic E-state index is 0.303. The number of pyridine rings is 2. The van der Waals surface area contributed by atoms with Crippen molar-refractivity contribution in [3.63, 3.8) is 0 Å². The summed E-state index contributed by atoms with van der Waals surface area (Å²) in [4.78, 5) is 24.1. The van der Waals surface area contributed by atoms with Crippen LogP contribution in [-0.2, 0) is 11.3 Å². The van der Waals surface area contributed by atoms with Gasteiger partial charge in [0, 0.05) is 50.8 Å². The van der Waals surface area contributed by atoms with Gasteiger partial charge < -0.3 is 20.7 Å². The molecule has 34 heavy (non-hydrogen) atoms. The zero-order chi connectivity index (χ0) is 23.8. The summed E-state index contributed by atoms with van der Waals surface area (Å²) in [7, 11) is 0.